The second kappa shape index (κ2) is 2.97. The quantitative estimate of drug-likeness (QED) is 0.594. The van der Waals surface area contributed by atoms with Crippen molar-refractivity contribution in [1.29, 1.82) is 0 Å². The van der Waals surface area contributed by atoms with Crippen LogP contribution in [0.4, 0.5) is 0 Å². The first-order valence-corrected chi connectivity index (χ1v) is 5.38. The summed E-state index contributed by atoms with van der Waals surface area (Å²) in [5.41, 5.74) is 1.60. The number of carbonyl (C=O) groups excluding carboxylic acids is 1. The van der Waals surface area contributed by atoms with Crippen LogP contribution in [0.2, 0.25) is 0 Å². The zero-order valence-electron chi connectivity index (χ0n) is 8.60. The molecule has 1 nitrogen and oxygen atoms in total. The predicted octanol–water partition coefficient (Wildman–Crippen LogP) is 3.10. The highest BCUT2D eigenvalue weighted by atomic mass is 16.1. The molecule has 0 aromatic rings. The molecule has 0 amide bonds. The molecule has 2 unspecified atom stereocenters. The first kappa shape index (κ1) is 8.98. The van der Waals surface area contributed by atoms with Gasteiger partial charge in [0.15, 0.2) is 0 Å². The molecule has 0 aromatic heterocycles. The molecule has 2 aliphatic carbocycles. The molecular formula is C12H18O. The summed E-state index contributed by atoms with van der Waals surface area (Å²) in [6, 6.07) is 0. The summed E-state index contributed by atoms with van der Waals surface area (Å²) in [7, 11) is 0. The van der Waals surface area contributed by atoms with Crippen LogP contribution in [-0.4, -0.2) is 5.78 Å². The van der Waals surface area contributed by atoms with E-state index in [1.165, 1.54) is 12.8 Å². The van der Waals surface area contributed by atoms with Crippen molar-refractivity contribution in [1.82, 2.24) is 0 Å². The average molecular weight is 178 g/mol. The molecule has 0 radical (unpaired) electrons. The summed E-state index contributed by atoms with van der Waals surface area (Å²) in [6.07, 6.45) is 7.74. The summed E-state index contributed by atoms with van der Waals surface area (Å²) >= 11 is 0. The van der Waals surface area contributed by atoms with Gasteiger partial charge in [-0.25, -0.2) is 0 Å². The largest absolute Gasteiger partial charge is 0.299 e. The van der Waals surface area contributed by atoms with E-state index in [1.54, 1.807) is 5.57 Å². The second-order valence-corrected chi connectivity index (χ2v) is 4.76. The molecule has 0 heterocycles. The smallest absolute Gasteiger partial charge is 0.138 e. The summed E-state index contributed by atoms with van der Waals surface area (Å²) in [5, 5.41) is 0. The first-order chi connectivity index (χ1) is 6.15. The van der Waals surface area contributed by atoms with Gasteiger partial charge in [-0.2, -0.15) is 0 Å². The molecule has 72 valence electrons. The highest BCUT2D eigenvalue weighted by Gasteiger charge is 2.40. The van der Waals surface area contributed by atoms with E-state index in [0.29, 0.717) is 12.2 Å². The fourth-order valence-electron chi connectivity index (χ4n) is 2.65. The molecule has 1 saturated carbocycles. The van der Waals surface area contributed by atoms with Gasteiger partial charge in [0.1, 0.15) is 5.78 Å². The minimum Gasteiger partial charge on any atom is -0.299 e. The van der Waals surface area contributed by atoms with Gasteiger partial charge in [0.2, 0.25) is 0 Å². The highest BCUT2D eigenvalue weighted by molar-refractivity contribution is 5.84. The Balaban J connectivity index is 2.14. The van der Waals surface area contributed by atoms with Gasteiger partial charge in [-0.05, 0) is 31.6 Å². The number of carbonyl (C=O) groups is 1. The maximum absolute atomic E-state index is 11.7. The molecule has 13 heavy (non-hydrogen) atoms. The van der Waals surface area contributed by atoms with Crippen LogP contribution in [0.15, 0.2) is 11.6 Å². The molecule has 2 aliphatic rings. The first-order valence-electron chi connectivity index (χ1n) is 5.38. The predicted molar refractivity (Wildman–Crippen MR) is 53.4 cm³/mol. The zero-order valence-corrected chi connectivity index (χ0v) is 8.60. The van der Waals surface area contributed by atoms with Gasteiger partial charge in [0, 0.05) is 11.8 Å². The number of fused-ring (bicyclic) bond motifs is 1. The molecule has 2 rings (SSSR count). The van der Waals surface area contributed by atoms with E-state index >= 15 is 0 Å². The number of ketones is 1. The minimum atomic E-state index is -0.0245. The van der Waals surface area contributed by atoms with Gasteiger partial charge < -0.3 is 0 Å². The van der Waals surface area contributed by atoms with Crippen molar-refractivity contribution in [3.8, 4) is 0 Å². The molecule has 0 spiro atoms. The Bertz CT molecular complexity index is 264. The van der Waals surface area contributed by atoms with E-state index in [0.717, 1.165) is 18.8 Å². The van der Waals surface area contributed by atoms with Crippen molar-refractivity contribution in [2.75, 3.05) is 0 Å². The Hall–Kier alpha value is -0.590. The van der Waals surface area contributed by atoms with Crippen LogP contribution in [0, 0.1) is 11.3 Å². The molecule has 0 bridgehead atoms. The second-order valence-electron chi connectivity index (χ2n) is 4.76. The summed E-state index contributed by atoms with van der Waals surface area (Å²) < 4.78 is 0. The van der Waals surface area contributed by atoms with E-state index in [1.807, 2.05) is 6.92 Å². The van der Waals surface area contributed by atoms with Crippen LogP contribution in [0.1, 0.15) is 46.0 Å². The number of rotatable bonds is 2. The van der Waals surface area contributed by atoms with E-state index in [-0.39, 0.29) is 5.41 Å². The van der Waals surface area contributed by atoms with Crippen LogP contribution in [-0.2, 0) is 4.79 Å². The maximum Gasteiger partial charge on any atom is 0.138 e. The minimum absolute atomic E-state index is 0.0245. The lowest BCUT2D eigenvalue weighted by atomic mass is 9.62. The van der Waals surface area contributed by atoms with Crippen molar-refractivity contribution in [3.05, 3.63) is 11.6 Å². The van der Waals surface area contributed by atoms with E-state index in [9.17, 15) is 4.79 Å². The van der Waals surface area contributed by atoms with Gasteiger partial charge in [-0.15, -0.1) is 0 Å². The summed E-state index contributed by atoms with van der Waals surface area (Å²) in [6.45, 7) is 4.12. The monoisotopic (exact) mass is 178 g/mol. The Morgan fingerprint density at radius 1 is 1.69 bits per heavy atom. The number of hydrogen-bond donors (Lipinski definition) is 0. The lowest BCUT2D eigenvalue weighted by Crippen LogP contribution is -2.36. The van der Waals surface area contributed by atoms with Gasteiger partial charge in [0.25, 0.3) is 0 Å². The summed E-state index contributed by atoms with van der Waals surface area (Å²) in [5.74, 6) is 1.21. The van der Waals surface area contributed by atoms with E-state index in [4.69, 9.17) is 0 Å². The van der Waals surface area contributed by atoms with Crippen LogP contribution in [0.3, 0.4) is 0 Å². The summed E-state index contributed by atoms with van der Waals surface area (Å²) in [4.78, 5) is 11.7. The fourth-order valence-corrected chi connectivity index (χ4v) is 2.65. The highest BCUT2D eigenvalue weighted by Crippen LogP contribution is 2.48. The third-order valence-electron chi connectivity index (χ3n) is 3.81. The van der Waals surface area contributed by atoms with Gasteiger partial charge in [-0.1, -0.05) is 25.5 Å². The fraction of sp³-hybridized carbons (Fsp3) is 0.750. The normalized spacial score (nSPS) is 37.4. The van der Waals surface area contributed by atoms with Crippen molar-refractivity contribution < 1.29 is 4.79 Å². The van der Waals surface area contributed by atoms with Crippen molar-refractivity contribution in [2.45, 2.75) is 46.0 Å². The standard InChI is InChI=1S/C12H18O/c1-3-11(13)12(2)7-6-9-4-5-10(9)8-12/h6,10H,3-5,7-8H2,1-2H3. The van der Waals surface area contributed by atoms with Crippen LogP contribution in [0.25, 0.3) is 0 Å². The molecule has 1 heteroatoms. The number of allylic oxidation sites excluding steroid dienone is 2. The Morgan fingerprint density at radius 3 is 2.92 bits per heavy atom. The average Bonchev–Trinajstić information content (AvgIpc) is 2.10. The maximum atomic E-state index is 11.7. The number of Topliss-reactive ketones (excluding diaryl/α,β-unsaturated/α-hetero) is 1. The van der Waals surface area contributed by atoms with Crippen molar-refractivity contribution >= 4 is 5.78 Å². The Labute approximate surface area is 80.2 Å². The molecule has 0 aromatic carbocycles. The number of hydrogen-bond acceptors (Lipinski definition) is 1. The van der Waals surface area contributed by atoms with Crippen LogP contribution >= 0.6 is 0 Å². The molecule has 0 saturated heterocycles. The molecular weight excluding hydrogens is 160 g/mol. The third-order valence-corrected chi connectivity index (χ3v) is 3.81. The molecule has 1 fully saturated rings. The molecule has 0 N–H and O–H groups in total. The van der Waals surface area contributed by atoms with E-state index < -0.39 is 0 Å². The topological polar surface area (TPSA) is 17.1 Å². The lowest BCUT2D eigenvalue weighted by molar-refractivity contribution is -0.128. The van der Waals surface area contributed by atoms with Gasteiger partial charge in [0.05, 0.1) is 0 Å². The lowest BCUT2D eigenvalue weighted by Gasteiger charge is -2.42. The third kappa shape index (κ3) is 1.34. The van der Waals surface area contributed by atoms with Gasteiger partial charge in [-0.3, -0.25) is 4.79 Å². The molecule has 0 aliphatic heterocycles. The van der Waals surface area contributed by atoms with Crippen LogP contribution in [0.5, 0.6) is 0 Å². The van der Waals surface area contributed by atoms with Crippen molar-refractivity contribution in [2.24, 2.45) is 11.3 Å². The van der Waals surface area contributed by atoms with Gasteiger partial charge >= 0.3 is 0 Å². The zero-order chi connectivity index (χ0) is 9.47. The SMILES string of the molecule is CCC(=O)C1(C)CC=C2CCC2C1. The Kier molecular flexibility index (Phi) is 2.05. The van der Waals surface area contributed by atoms with Crippen molar-refractivity contribution in [3.63, 3.8) is 0 Å². The Morgan fingerprint density at radius 2 is 2.46 bits per heavy atom. The van der Waals surface area contributed by atoms with Crippen LogP contribution < -0.4 is 0 Å². The van der Waals surface area contributed by atoms with E-state index in [2.05, 4.69) is 13.0 Å². The molecule has 2 atom stereocenters.